The van der Waals surface area contributed by atoms with Gasteiger partial charge in [-0.1, -0.05) is 11.6 Å². The third kappa shape index (κ3) is 3.18. The first kappa shape index (κ1) is 14.6. The summed E-state index contributed by atoms with van der Waals surface area (Å²) in [6.07, 6.45) is 1.58. The van der Waals surface area contributed by atoms with E-state index in [1.165, 1.54) is 0 Å². The highest BCUT2D eigenvalue weighted by molar-refractivity contribution is 6.32. The lowest BCUT2D eigenvalue weighted by molar-refractivity contribution is 0.0948. The summed E-state index contributed by atoms with van der Waals surface area (Å²) < 4.78 is 0. The van der Waals surface area contributed by atoms with Crippen molar-refractivity contribution in [1.29, 1.82) is 0 Å². The van der Waals surface area contributed by atoms with Gasteiger partial charge in [0.1, 0.15) is 5.69 Å². The normalized spacial score (nSPS) is 11.0. The standard InChI is InChI=1S/C14H17ClN4O/c1-19(2)6-5-18-14(20)13-11-7-9(15)8-12(16)10(11)3-4-17-13/h3-4,7-8H,5-6,16H2,1-2H3,(H,18,20). The number of aromatic nitrogens is 1. The van der Waals surface area contributed by atoms with Gasteiger partial charge >= 0.3 is 0 Å². The topological polar surface area (TPSA) is 71.2 Å². The van der Waals surface area contributed by atoms with E-state index >= 15 is 0 Å². The lowest BCUT2D eigenvalue weighted by atomic mass is 10.1. The van der Waals surface area contributed by atoms with Crippen LogP contribution in [0, 0.1) is 0 Å². The number of hydrogen-bond donors (Lipinski definition) is 2. The Bertz CT molecular complexity index is 642. The number of nitrogens with zero attached hydrogens (tertiary/aromatic N) is 2. The maximum Gasteiger partial charge on any atom is 0.270 e. The molecule has 20 heavy (non-hydrogen) atoms. The summed E-state index contributed by atoms with van der Waals surface area (Å²) in [6, 6.07) is 5.15. The number of benzene rings is 1. The van der Waals surface area contributed by atoms with Crippen LogP contribution in [0.4, 0.5) is 5.69 Å². The number of anilines is 1. The van der Waals surface area contributed by atoms with E-state index in [0.717, 1.165) is 11.9 Å². The van der Waals surface area contributed by atoms with Crippen molar-refractivity contribution in [2.24, 2.45) is 0 Å². The van der Waals surface area contributed by atoms with E-state index in [0.29, 0.717) is 28.3 Å². The van der Waals surface area contributed by atoms with Crippen molar-refractivity contribution in [1.82, 2.24) is 15.2 Å². The van der Waals surface area contributed by atoms with Gasteiger partial charge in [0.2, 0.25) is 0 Å². The van der Waals surface area contributed by atoms with Gasteiger partial charge < -0.3 is 16.0 Å². The Hall–Kier alpha value is -1.85. The molecule has 5 nitrogen and oxygen atoms in total. The number of nitrogen functional groups attached to an aromatic ring is 1. The number of hydrogen-bond acceptors (Lipinski definition) is 4. The third-order valence-corrected chi connectivity index (χ3v) is 3.15. The average Bonchev–Trinajstić information content (AvgIpc) is 2.37. The molecule has 0 unspecified atom stereocenters. The molecule has 0 aliphatic heterocycles. The number of fused-ring (bicyclic) bond motifs is 1. The van der Waals surface area contributed by atoms with Crippen molar-refractivity contribution in [3.63, 3.8) is 0 Å². The molecule has 0 saturated carbocycles. The number of likely N-dealkylation sites (N-methyl/N-ethyl adjacent to an activating group) is 1. The van der Waals surface area contributed by atoms with Crippen LogP contribution in [-0.2, 0) is 0 Å². The first-order chi connectivity index (χ1) is 9.49. The van der Waals surface area contributed by atoms with Crippen molar-refractivity contribution in [2.45, 2.75) is 0 Å². The minimum atomic E-state index is -0.223. The molecule has 0 spiro atoms. The van der Waals surface area contributed by atoms with E-state index in [1.54, 1.807) is 24.4 Å². The summed E-state index contributed by atoms with van der Waals surface area (Å²) >= 11 is 6.00. The molecule has 0 bridgehead atoms. The Morgan fingerprint density at radius 1 is 1.40 bits per heavy atom. The first-order valence-corrected chi connectivity index (χ1v) is 6.63. The predicted octanol–water partition coefficient (Wildman–Crippen LogP) is 1.76. The molecule has 0 aliphatic carbocycles. The highest BCUT2D eigenvalue weighted by Crippen LogP contribution is 2.27. The largest absolute Gasteiger partial charge is 0.398 e. The molecule has 1 aromatic carbocycles. The van der Waals surface area contributed by atoms with Crippen LogP contribution >= 0.6 is 11.6 Å². The Morgan fingerprint density at radius 3 is 2.85 bits per heavy atom. The number of halogens is 1. The van der Waals surface area contributed by atoms with E-state index in [9.17, 15) is 4.79 Å². The average molecular weight is 293 g/mol. The monoisotopic (exact) mass is 292 g/mol. The number of carbonyl (C=O) groups is 1. The van der Waals surface area contributed by atoms with Crippen LogP contribution in [0.15, 0.2) is 24.4 Å². The van der Waals surface area contributed by atoms with Gasteiger partial charge in [0, 0.05) is 40.8 Å². The molecular formula is C14H17ClN4O. The Morgan fingerprint density at radius 2 is 2.15 bits per heavy atom. The van der Waals surface area contributed by atoms with Crippen molar-refractivity contribution in [3.8, 4) is 0 Å². The SMILES string of the molecule is CN(C)CCNC(=O)c1nccc2c(N)cc(Cl)cc12. The number of rotatable bonds is 4. The molecule has 2 rings (SSSR count). The summed E-state index contributed by atoms with van der Waals surface area (Å²) in [4.78, 5) is 18.3. The quantitative estimate of drug-likeness (QED) is 0.843. The minimum absolute atomic E-state index is 0.223. The van der Waals surface area contributed by atoms with Crippen molar-refractivity contribution < 1.29 is 4.79 Å². The van der Waals surface area contributed by atoms with Gasteiger partial charge in [0.15, 0.2) is 0 Å². The molecule has 1 heterocycles. The zero-order valence-corrected chi connectivity index (χ0v) is 12.2. The van der Waals surface area contributed by atoms with Crippen molar-refractivity contribution in [2.75, 3.05) is 32.9 Å². The second kappa shape index (κ2) is 6.07. The van der Waals surface area contributed by atoms with Crippen molar-refractivity contribution in [3.05, 3.63) is 35.1 Å². The molecule has 1 aromatic heterocycles. The highest BCUT2D eigenvalue weighted by atomic mass is 35.5. The number of nitrogens with two attached hydrogens (primary N) is 1. The zero-order valence-electron chi connectivity index (χ0n) is 11.5. The lowest BCUT2D eigenvalue weighted by Gasteiger charge is -2.11. The minimum Gasteiger partial charge on any atom is -0.398 e. The van der Waals surface area contributed by atoms with E-state index in [-0.39, 0.29) is 5.91 Å². The van der Waals surface area contributed by atoms with Crippen LogP contribution in [-0.4, -0.2) is 43.0 Å². The Labute approximate surface area is 122 Å². The smallest absolute Gasteiger partial charge is 0.270 e. The van der Waals surface area contributed by atoms with Gasteiger partial charge in [-0.15, -0.1) is 0 Å². The summed E-state index contributed by atoms with van der Waals surface area (Å²) in [6.45, 7) is 1.32. The third-order valence-electron chi connectivity index (χ3n) is 2.94. The summed E-state index contributed by atoms with van der Waals surface area (Å²) in [7, 11) is 3.89. The Balaban J connectivity index is 2.32. The van der Waals surface area contributed by atoms with E-state index < -0.39 is 0 Å². The molecule has 0 atom stereocenters. The van der Waals surface area contributed by atoms with Gasteiger partial charge in [-0.2, -0.15) is 0 Å². The van der Waals surface area contributed by atoms with Gasteiger partial charge in [-0.05, 0) is 32.3 Å². The maximum absolute atomic E-state index is 12.2. The summed E-state index contributed by atoms with van der Waals surface area (Å²) in [5, 5.41) is 4.77. The molecule has 0 aliphatic rings. The van der Waals surface area contributed by atoms with Crippen LogP contribution in [0.25, 0.3) is 10.8 Å². The maximum atomic E-state index is 12.2. The molecule has 1 amide bonds. The van der Waals surface area contributed by atoms with Crippen LogP contribution in [0.5, 0.6) is 0 Å². The number of pyridine rings is 1. The van der Waals surface area contributed by atoms with Crippen molar-refractivity contribution >= 4 is 34.0 Å². The van der Waals surface area contributed by atoms with E-state index in [1.807, 2.05) is 19.0 Å². The lowest BCUT2D eigenvalue weighted by Crippen LogP contribution is -2.31. The Kier molecular flexibility index (Phi) is 4.42. The molecule has 106 valence electrons. The fourth-order valence-corrected chi connectivity index (χ4v) is 2.16. The zero-order chi connectivity index (χ0) is 14.7. The fraction of sp³-hybridized carbons (Fsp3) is 0.286. The number of amides is 1. The number of nitrogens with one attached hydrogen (secondary N) is 1. The van der Waals surface area contributed by atoms with Gasteiger partial charge in [0.05, 0.1) is 0 Å². The molecule has 0 fully saturated rings. The van der Waals surface area contributed by atoms with Crippen LogP contribution < -0.4 is 11.1 Å². The van der Waals surface area contributed by atoms with Gasteiger partial charge in [-0.25, -0.2) is 0 Å². The van der Waals surface area contributed by atoms with Gasteiger partial charge in [-0.3, -0.25) is 9.78 Å². The molecule has 6 heteroatoms. The van der Waals surface area contributed by atoms with Crippen LogP contribution in [0.3, 0.4) is 0 Å². The molecular weight excluding hydrogens is 276 g/mol. The predicted molar refractivity (Wildman–Crippen MR) is 82.1 cm³/mol. The first-order valence-electron chi connectivity index (χ1n) is 6.25. The van der Waals surface area contributed by atoms with E-state index in [4.69, 9.17) is 17.3 Å². The highest BCUT2D eigenvalue weighted by Gasteiger charge is 2.13. The summed E-state index contributed by atoms with van der Waals surface area (Å²) in [5.41, 5.74) is 6.80. The van der Waals surface area contributed by atoms with E-state index in [2.05, 4.69) is 10.3 Å². The molecule has 3 N–H and O–H groups in total. The molecule has 0 radical (unpaired) electrons. The summed E-state index contributed by atoms with van der Waals surface area (Å²) in [5.74, 6) is -0.223. The fourth-order valence-electron chi connectivity index (χ4n) is 1.93. The van der Waals surface area contributed by atoms with Crippen LogP contribution in [0.2, 0.25) is 5.02 Å². The second-order valence-corrected chi connectivity index (χ2v) is 5.25. The molecule has 2 aromatic rings. The second-order valence-electron chi connectivity index (χ2n) is 4.81. The molecule has 0 saturated heterocycles. The van der Waals surface area contributed by atoms with Crippen LogP contribution in [0.1, 0.15) is 10.5 Å². The number of carbonyl (C=O) groups excluding carboxylic acids is 1. The van der Waals surface area contributed by atoms with Gasteiger partial charge in [0.25, 0.3) is 5.91 Å².